The first-order valence-electron chi connectivity index (χ1n) is 3.23. The summed E-state index contributed by atoms with van der Waals surface area (Å²) in [7, 11) is 1.80. The van der Waals surface area contributed by atoms with Gasteiger partial charge in [0, 0.05) is 19.4 Å². The molecule has 0 unspecified atom stereocenters. The molecule has 0 aromatic carbocycles. The molecule has 0 aliphatic heterocycles. The second-order valence-corrected chi connectivity index (χ2v) is 2.04. The summed E-state index contributed by atoms with van der Waals surface area (Å²) in [6.45, 7) is 0. The number of hydrogen-bond donors (Lipinski definition) is 1. The maximum Gasteiger partial charge on any atom is 0.199 e. The van der Waals surface area contributed by atoms with Crippen LogP contribution in [0.2, 0.25) is 0 Å². The lowest BCUT2D eigenvalue weighted by molar-refractivity contribution is 0.939. The van der Waals surface area contributed by atoms with Crippen LogP contribution in [0.3, 0.4) is 0 Å². The molecule has 2 rings (SSSR count). The Labute approximate surface area is 63.1 Å². The minimum Gasteiger partial charge on any atom is -0.326 e. The number of aromatic nitrogens is 4. The van der Waals surface area contributed by atoms with Crippen molar-refractivity contribution in [3.8, 4) is 0 Å². The molecule has 5 heteroatoms. The third kappa shape index (κ3) is 0.813. The molecule has 0 amide bonds. The highest BCUT2D eigenvalue weighted by Crippen LogP contribution is 2.01. The first kappa shape index (κ1) is 6.09. The van der Waals surface area contributed by atoms with E-state index in [1.165, 1.54) is 0 Å². The molecular formula is C6H7N5. The molecule has 0 spiro atoms. The molecule has 0 bridgehead atoms. The van der Waals surface area contributed by atoms with E-state index in [1.54, 1.807) is 30.4 Å². The Balaban J connectivity index is 2.76. The van der Waals surface area contributed by atoms with Crippen molar-refractivity contribution < 1.29 is 0 Å². The summed E-state index contributed by atoms with van der Waals surface area (Å²) in [5, 5.41) is 0. The van der Waals surface area contributed by atoms with Gasteiger partial charge in [-0.15, -0.1) is 0 Å². The summed E-state index contributed by atoms with van der Waals surface area (Å²) < 4.78 is 1.71. The van der Waals surface area contributed by atoms with Crippen molar-refractivity contribution in [3.63, 3.8) is 0 Å². The lowest BCUT2D eigenvalue weighted by Crippen LogP contribution is -2.07. The summed E-state index contributed by atoms with van der Waals surface area (Å²) in [5.41, 5.74) is 4.30. The molecule has 2 aromatic rings. The molecule has 0 aliphatic carbocycles. The van der Waals surface area contributed by atoms with Gasteiger partial charge in [0.25, 0.3) is 0 Å². The number of nitrogens with zero attached hydrogens (tertiary/aromatic N) is 4. The fourth-order valence-electron chi connectivity index (χ4n) is 0.915. The SMILES string of the molecule is CNn1cnc2nccnc21. The van der Waals surface area contributed by atoms with E-state index in [0.717, 1.165) is 5.65 Å². The normalized spacial score (nSPS) is 10.3. The third-order valence-corrected chi connectivity index (χ3v) is 1.42. The van der Waals surface area contributed by atoms with Crippen molar-refractivity contribution in [1.82, 2.24) is 19.6 Å². The number of rotatable bonds is 1. The summed E-state index contributed by atoms with van der Waals surface area (Å²) >= 11 is 0. The lowest BCUT2D eigenvalue weighted by atomic mass is 10.7. The van der Waals surface area contributed by atoms with Gasteiger partial charge in [0.2, 0.25) is 0 Å². The molecule has 0 atom stereocenters. The zero-order chi connectivity index (χ0) is 7.68. The Hall–Kier alpha value is -1.65. The highest BCUT2D eigenvalue weighted by atomic mass is 15.4. The lowest BCUT2D eigenvalue weighted by Gasteiger charge is -1.97. The van der Waals surface area contributed by atoms with Crippen LogP contribution in [0.5, 0.6) is 0 Å². The maximum absolute atomic E-state index is 4.09. The first-order chi connectivity index (χ1) is 5.42. The number of nitrogens with one attached hydrogen (secondary N) is 1. The van der Waals surface area contributed by atoms with Crippen molar-refractivity contribution in [3.05, 3.63) is 18.7 Å². The Morgan fingerprint density at radius 1 is 1.27 bits per heavy atom. The topological polar surface area (TPSA) is 55.6 Å². The fourth-order valence-corrected chi connectivity index (χ4v) is 0.915. The van der Waals surface area contributed by atoms with E-state index in [0.29, 0.717) is 5.65 Å². The van der Waals surface area contributed by atoms with Crippen molar-refractivity contribution in [2.45, 2.75) is 0 Å². The molecule has 0 saturated heterocycles. The molecule has 5 nitrogen and oxygen atoms in total. The van der Waals surface area contributed by atoms with Crippen molar-refractivity contribution in [1.29, 1.82) is 0 Å². The zero-order valence-corrected chi connectivity index (χ0v) is 6.02. The minimum absolute atomic E-state index is 0.654. The Bertz CT molecular complexity index is 366. The van der Waals surface area contributed by atoms with Crippen molar-refractivity contribution in [2.24, 2.45) is 0 Å². The molecule has 0 radical (unpaired) electrons. The molecule has 2 heterocycles. The van der Waals surface area contributed by atoms with Gasteiger partial charge in [-0.1, -0.05) is 0 Å². The predicted octanol–water partition coefficient (Wildman–Crippen LogP) is -0.000400. The molecule has 2 aromatic heterocycles. The fraction of sp³-hybridized carbons (Fsp3) is 0.167. The van der Waals surface area contributed by atoms with E-state index in [9.17, 15) is 0 Å². The van der Waals surface area contributed by atoms with Gasteiger partial charge < -0.3 is 5.43 Å². The predicted molar refractivity (Wildman–Crippen MR) is 40.6 cm³/mol. The van der Waals surface area contributed by atoms with E-state index < -0.39 is 0 Å². The highest BCUT2D eigenvalue weighted by Gasteiger charge is 2.00. The third-order valence-electron chi connectivity index (χ3n) is 1.42. The molecule has 0 fully saturated rings. The van der Waals surface area contributed by atoms with Crippen LogP contribution in [0, 0.1) is 0 Å². The van der Waals surface area contributed by atoms with Gasteiger partial charge in [-0.2, -0.15) is 0 Å². The Kier molecular flexibility index (Phi) is 1.21. The van der Waals surface area contributed by atoms with Gasteiger partial charge in [-0.25, -0.2) is 19.6 Å². The maximum atomic E-state index is 4.09. The first-order valence-corrected chi connectivity index (χ1v) is 3.23. The number of fused-ring (bicyclic) bond motifs is 1. The molecule has 56 valence electrons. The summed E-state index contributed by atoms with van der Waals surface area (Å²) in [4.78, 5) is 12.1. The van der Waals surface area contributed by atoms with Crippen molar-refractivity contribution >= 4 is 11.3 Å². The van der Waals surface area contributed by atoms with E-state index >= 15 is 0 Å². The molecule has 0 saturated carbocycles. The summed E-state index contributed by atoms with van der Waals surface area (Å²) in [6, 6.07) is 0. The van der Waals surface area contributed by atoms with Gasteiger partial charge in [0.05, 0.1) is 0 Å². The van der Waals surface area contributed by atoms with Gasteiger partial charge in [-0.05, 0) is 0 Å². The quantitative estimate of drug-likeness (QED) is 0.620. The summed E-state index contributed by atoms with van der Waals surface area (Å²) in [5.74, 6) is 0. The largest absolute Gasteiger partial charge is 0.326 e. The van der Waals surface area contributed by atoms with Crippen LogP contribution in [0.25, 0.3) is 11.3 Å². The smallest absolute Gasteiger partial charge is 0.199 e. The molecular weight excluding hydrogens is 142 g/mol. The van der Waals surface area contributed by atoms with Crippen LogP contribution in [0.15, 0.2) is 18.7 Å². The van der Waals surface area contributed by atoms with Crippen LogP contribution in [0.1, 0.15) is 0 Å². The highest BCUT2D eigenvalue weighted by molar-refractivity contribution is 5.64. The zero-order valence-electron chi connectivity index (χ0n) is 6.02. The number of imidazole rings is 1. The van der Waals surface area contributed by atoms with Gasteiger partial charge in [-0.3, -0.25) is 0 Å². The van der Waals surface area contributed by atoms with Gasteiger partial charge in [0.1, 0.15) is 6.33 Å². The van der Waals surface area contributed by atoms with Crippen LogP contribution in [-0.4, -0.2) is 26.7 Å². The molecule has 11 heavy (non-hydrogen) atoms. The Morgan fingerprint density at radius 3 is 2.91 bits per heavy atom. The van der Waals surface area contributed by atoms with Crippen LogP contribution < -0.4 is 5.43 Å². The van der Waals surface area contributed by atoms with Gasteiger partial charge >= 0.3 is 0 Å². The molecule has 0 aliphatic rings. The van der Waals surface area contributed by atoms with Gasteiger partial charge in [0.15, 0.2) is 11.3 Å². The van der Waals surface area contributed by atoms with E-state index in [1.807, 2.05) is 0 Å². The standard InChI is InChI=1S/C6H7N5/c1-7-11-4-10-5-6(11)9-3-2-8-5/h2-4,7H,1H3. The summed E-state index contributed by atoms with van der Waals surface area (Å²) in [6.07, 6.45) is 4.90. The minimum atomic E-state index is 0.654. The molecule has 1 N–H and O–H groups in total. The van der Waals surface area contributed by atoms with Crippen LogP contribution in [-0.2, 0) is 0 Å². The van der Waals surface area contributed by atoms with E-state index in [-0.39, 0.29) is 0 Å². The monoisotopic (exact) mass is 149 g/mol. The second-order valence-electron chi connectivity index (χ2n) is 2.04. The second kappa shape index (κ2) is 2.19. The van der Waals surface area contributed by atoms with Crippen molar-refractivity contribution in [2.75, 3.05) is 12.5 Å². The average Bonchev–Trinajstić information content (AvgIpc) is 2.47. The van der Waals surface area contributed by atoms with E-state index in [2.05, 4.69) is 20.4 Å². The number of hydrogen-bond acceptors (Lipinski definition) is 4. The van der Waals surface area contributed by atoms with Crippen LogP contribution in [0.4, 0.5) is 0 Å². The average molecular weight is 149 g/mol. The van der Waals surface area contributed by atoms with E-state index in [4.69, 9.17) is 0 Å². The van der Waals surface area contributed by atoms with Crippen LogP contribution >= 0.6 is 0 Å². The Morgan fingerprint density at radius 2 is 2.09 bits per heavy atom.